The predicted molar refractivity (Wildman–Crippen MR) is 79.4 cm³/mol. The maximum absolute atomic E-state index is 12.5. The molecule has 1 atom stereocenters. The summed E-state index contributed by atoms with van der Waals surface area (Å²) in [6, 6.07) is 7.02. The Hall–Kier alpha value is -1.54. The fourth-order valence-electron chi connectivity index (χ4n) is 2.27. The molecular weight excluding hydrogens is 365 g/mol. The monoisotopic (exact) mass is 378 g/mol. The van der Waals surface area contributed by atoms with Crippen LogP contribution < -0.4 is 10.2 Å². The second kappa shape index (κ2) is 6.29. The van der Waals surface area contributed by atoms with Gasteiger partial charge >= 0.3 is 12.1 Å². The van der Waals surface area contributed by atoms with Crippen molar-refractivity contribution in [1.82, 2.24) is 5.32 Å². The Bertz CT molecular complexity index is 579. The van der Waals surface area contributed by atoms with Gasteiger partial charge in [-0.2, -0.15) is 13.2 Å². The summed E-state index contributed by atoms with van der Waals surface area (Å²) in [7, 11) is 0. The smallest absolute Gasteiger partial charge is 0.427 e. The molecule has 2 rings (SSSR count). The summed E-state index contributed by atoms with van der Waals surface area (Å²) in [5.41, 5.74) is -0.961. The molecule has 4 nitrogen and oxygen atoms in total. The van der Waals surface area contributed by atoms with Crippen molar-refractivity contribution >= 4 is 27.6 Å². The molecule has 0 saturated carbocycles. The molecule has 1 aliphatic rings. The maximum Gasteiger partial charge on any atom is 0.491 e. The van der Waals surface area contributed by atoms with Crippen LogP contribution in [0.15, 0.2) is 41.4 Å². The van der Waals surface area contributed by atoms with Crippen molar-refractivity contribution in [2.75, 3.05) is 24.5 Å². The van der Waals surface area contributed by atoms with Gasteiger partial charge in [-0.05, 0) is 24.3 Å². The first-order valence-electron chi connectivity index (χ1n) is 6.46. The van der Waals surface area contributed by atoms with Crippen LogP contribution in [0.25, 0.3) is 0 Å². The van der Waals surface area contributed by atoms with E-state index in [-0.39, 0.29) is 6.54 Å². The number of halogens is 4. The van der Waals surface area contributed by atoms with Crippen LogP contribution >= 0.6 is 15.9 Å². The van der Waals surface area contributed by atoms with Crippen LogP contribution in [-0.2, 0) is 9.53 Å². The lowest BCUT2D eigenvalue weighted by atomic mass is 10.1. The number of esters is 1. The van der Waals surface area contributed by atoms with E-state index in [9.17, 15) is 18.0 Å². The van der Waals surface area contributed by atoms with Crippen LogP contribution in [-0.4, -0.2) is 37.5 Å². The first-order chi connectivity index (χ1) is 10.3. The number of carbonyl (C=O) groups is 1. The van der Waals surface area contributed by atoms with Gasteiger partial charge in [-0.25, -0.2) is 4.79 Å². The number of hydrogen-bond acceptors (Lipinski definition) is 4. The Balaban J connectivity index is 2.37. The van der Waals surface area contributed by atoms with Crippen LogP contribution in [0.2, 0.25) is 0 Å². The predicted octanol–water partition coefficient (Wildman–Crippen LogP) is 2.85. The molecule has 1 saturated heterocycles. The van der Waals surface area contributed by atoms with Gasteiger partial charge in [0.25, 0.3) is 0 Å². The zero-order chi connectivity index (χ0) is 16.4. The van der Waals surface area contributed by atoms with Crippen LogP contribution in [0, 0.1) is 0 Å². The summed E-state index contributed by atoms with van der Waals surface area (Å²) < 4.78 is 43.2. The van der Waals surface area contributed by atoms with Gasteiger partial charge in [-0.15, -0.1) is 0 Å². The van der Waals surface area contributed by atoms with E-state index in [1.165, 1.54) is 6.08 Å². The molecule has 1 aliphatic heterocycles. The van der Waals surface area contributed by atoms with Gasteiger partial charge in [-0.3, -0.25) is 0 Å². The van der Waals surface area contributed by atoms with Gasteiger partial charge in [0, 0.05) is 23.2 Å². The number of benzene rings is 1. The second-order valence-corrected chi connectivity index (χ2v) is 5.66. The fraction of sp³-hybridized carbons (Fsp3) is 0.357. The standard InChI is InChI=1S/C14H14BrF3N2O2/c1-2-13(22-12(21)14(16,17)18)9-19-6-7-20(13)11-5-3-4-10(15)8-11/h2-5,8,19H,1,6-7,9H2. The number of piperazine rings is 1. The van der Waals surface area contributed by atoms with E-state index in [0.717, 1.165) is 4.47 Å². The zero-order valence-corrected chi connectivity index (χ0v) is 13.1. The molecule has 1 aromatic rings. The lowest BCUT2D eigenvalue weighted by molar-refractivity contribution is -0.210. The Labute approximate surface area is 134 Å². The molecule has 0 spiro atoms. The van der Waals surface area contributed by atoms with E-state index < -0.39 is 17.9 Å². The highest BCUT2D eigenvalue weighted by Crippen LogP contribution is 2.32. The lowest BCUT2D eigenvalue weighted by Crippen LogP contribution is -2.63. The van der Waals surface area contributed by atoms with Crippen molar-refractivity contribution in [2.24, 2.45) is 0 Å². The van der Waals surface area contributed by atoms with Crippen molar-refractivity contribution < 1.29 is 22.7 Å². The highest BCUT2D eigenvalue weighted by Gasteiger charge is 2.48. The molecule has 0 bridgehead atoms. The minimum atomic E-state index is -5.06. The van der Waals surface area contributed by atoms with E-state index in [0.29, 0.717) is 18.8 Å². The Kier molecular flexibility index (Phi) is 4.81. The number of ether oxygens (including phenoxy) is 1. The topological polar surface area (TPSA) is 41.6 Å². The largest absolute Gasteiger partial charge is 0.491 e. The molecule has 1 aromatic carbocycles. The third kappa shape index (κ3) is 3.44. The molecule has 120 valence electrons. The van der Waals surface area contributed by atoms with Gasteiger partial charge in [0.05, 0.1) is 6.54 Å². The van der Waals surface area contributed by atoms with E-state index in [4.69, 9.17) is 4.74 Å². The Morgan fingerprint density at radius 2 is 2.23 bits per heavy atom. The molecule has 1 unspecified atom stereocenters. The number of carbonyl (C=O) groups excluding carboxylic acids is 1. The Morgan fingerprint density at radius 3 is 2.82 bits per heavy atom. The highest BCUT2D eigenvalue weighted by molar-refractivity contribution is 9.10. The van der Waals surface area contributed by atoms with Crippen LogP contribution in [0.5, 0.6) is 0 Å². The summed E-state index contributed by atoms with van der Waals surface area (Å²) in [5.74, 6) is -2.24. The summed E-state index contributed by atoms with van der Waals surface area (Å²) >= 11 is 3.31. The van der Waals surface area contributed by atoms with E-state index in [2.05, 4.69) is 27.8 Å². The molecule has 0 aliphatic carbocycles. The van der Waals surface area contributed by atoms with Crippen LogP contribution in [0.4, 0.5) is 18.9 Å². The van der Waals surface area contributed by atoms with Crippen molar-refractivity contribution in [3.63, 3.8) is 0 Å². The van der Waals surface area contributed by atoms with Crippen molar-refractivity contribution in [2.45, 2.75) is 11.9 Å². The molecule has 0 amide bonds. The van der Waals surface area contributed by atoms with Gasteiger partial charge in [0.2, 0.25) is 5.72 Å². The number of nitrogens with zero attached hydrogens (tertiary/aromatic N) is 1. The van der Waals surface area contributed by atoms with Crippen molar-refractivity contribution in [1.29, 1.82) is 0 Å². The van der Waals surface area contributed by atoms with E-state index in [1.807, 2.05) is 0 Å². The molecule has 8 heteroatoms. The van der Waals surface area contributed by atoms with Gasteiger partial charge in [0.15, 0.2) is 0 Å². The quantitative estimate of drug-likeness (QED) is 0.648. The summed E-state index contributed by atoms with van der Waals surface area (Å²) in [4.78, 5) is 12.9. The average Bonchev–Trinajstić information content (AvgIpc) is 2.46. The van der Waals surface area contributed by atoms with Crippen LogP contribution in [0.1, 0.15) is 0 Å². The average molecular weight is 379 g/mol. The normalized spacial score (nSPS) is 22.3. The van der Waals surface area contributed by atoms with Crippen LogP contribution in [0.3, 0.4) is 0 Å². The SMILES string of the molecule is C=CC1(OC(=O)C(F)(F)F)CNCCN1c1cccc(Br)c1. The minimum absolute atomic E-state index is 0.0187. The molecule has 0 aromatic heterocycles. The number of hydrogen-bond donors (Lipinski definition) is 1. The van der Waals surface area contributed by atoms with E-state index >= 15 is 0 Å². The lowest BCUT2D eigenvalue weighted by Gasteiger charge is -2.45. The molecule has 22 heavy (non-hydrogen) atoms. The third-order valence-electron chi connectivity index (χ3n) is 3.29. The molecule has 1 N–H and O–H groups in total. The highest BCUT2D eigenvalue weighted by atomic mass is 79.9. The summed E-state index contributed by atoms with van der Waals surface area (Å²) in [6.07, 6.45) is -3.85. The first-order valence-corrected chi connectivity index (χ1v) is 7.25. The number of anilines is 1. The van der Waals surface area contributed by atoms with Crippen molar-refractivity contribution in [3.8, 4) is 0 Å². The summed E-state index contributed by atoms with van der Waals surface area (Å²) in [6.45, 7) is 4.49. The first kappa shape index (κ1) is 16.8. The van der Waals surface area contributed by atoms with E-state index in [1.54, 1.807) is 29.2 Å². The minimum Gasteiger partial charge on any atom is -0.427 e. The zero-order valence-electron chi connectivity index (χ0n) is 11.5. The molecule has 0 radical (unpaired) electrons. The van der Waals surface area contributed by atoms with Gasteiger partial charge in [0.1, 0.15) is 0 Å². The third-order valence-corrected chi connectivity index (χ3v) is 3.78. The summed E-state index contributed by atoms with van der Waals surface area (Å²) in [5, 5.41) is 2.93. The number of alkyl halides is 3. The van der Waals surface area contributed by atoms with Gasteiger partial charge in [-0.1, -0.05) is 28.6 Å². The number of nitrogens with one attached hydrogen (secondary N) is 1. The maximum atomic E-state index is 12.5. The Morgan fingerprint density at radius 1 is 1.50 bits per heavy atom. The van der Waals surface area contributed by atoms with Gasteiger partial charge < -0.3 is 15.0 Å². The van der Waals surface area contributed by atoms with Crippen molar-refractivity contribution in [3.05, 3.63) is 41.4 Å². The molecule has 1 heterocycles. The molecular formula is C14H14BrF3N2O2. The fourth-order valence-corrected chi connectivity index (χ4v) is 2.66. The second-order valence-electron chi connectivity index (χ2n) is 4.74. The molecule has 1 fully saturated rings. The number of rotatable bonds is 3.